The molecule has 16 heteroatoms. The molecule has 0 fully saturated rings. The Balaban J connectivity index is 1.43. The quantitative estimate of drug-likeness (QED) is 0.0577. The van der Waals surface area contributed by atoms with E-state index in [0.717, 1.165) is 54.6 Å². The third kappa shape index (κ3) is 8.02. The van der Waals surface area contributed by atoms with E-state index < -0.39 is 94.8 Å². The predicted molar refractivity (Wildman–Crippen MR) is 175 cm³/mol. The summed E-state index contributed by atoms with van der Waals surface area (Å²) >= 11 is 0. The van der Waals surface area contributed by atoms with Crippen molar-refractivity contribution in [2.75, 3.05) is 0 Å². The zero-order chi connectivity index (χ0) is 37.9. The zero-order valence-corrected chi connectivity index (χ0v) is 26.6. The summed E-state index contributed by atoms with van der Waals surface area (Å²) in [5.41, 5.74) is 0.599. The molecule has 0 aromatic heterocycles. The first kappa shape index (κ1) is 36.2. The molecule has 1 aliphatic heterocycles. The molecule has 270 valence electrons. The lowest BCUT2D eigenvalue weighted by Crippen LogP contribution is -2.32. The fourth-order valence-electron chi connectivity index (χ4n) is 5.44. The Kier molecular flexibility index (Phi) is 10.3. The maximum atomic E-state index is 13.8. The maximum absolute atomic E-state index is 13.8. The lowest BCUT2D eigenvalue weighted by molar-refractivity contribution is -0.166. The van der Waals surface area contributed by atoms with Gasteiger partial charge in [-0.3, -0.25) is 4.79 Å². The van der Waals surface area contributed by atoms with Gasteiger partial charge in [0.25, 0.3) is 0 Å². The zero-order valence-electron chi connectivity index (χ0n) is 26.6. The minimum absolute atomic E-state index is 0.0300. The topological polar surface area (TPSA) is 278 Å². The number of carboxylic acids is 2. The molecular weight excluding hydrogens is 688 g/mol. The number of aromatic hydroxyl groups is 7. The summed E-state index contributed by atoms with van der Waals surface area (Å²) in [6, 6.07) is 13.1. The van der Waals surface area contributed by atoms with Crippen LogP contribution in [-0.4, -0.2) is 82.0 Å². The second kappa shape index (κ2) is 14.8. The third-order valence-corrected chi connectivity index (χ3v) is 7.99. The van der Waals surface area contributed by atoms with Crippen molar-refractivity contribution in [1.29, 1.82) is 0 Å². The number of carboxylic acid groups (broad SMARTS) is 2. The Bertz CT molecular complexity index is 2090. The first-order chi connectivity index (χ1) is 24.6. The van der Waals surface area contributed by atoms with Crippen molar-refractivity contribution in [3.8, 4) is 46.0 Å². The molecule has 4 atom stereocenters. The summed E-state index contributed by atoms with van der Waals surface area (Å²) in [4.78, 5) is 50.4. The lowest BCUT2D eigenvalue weighted by Gasteiger charge is -2.21. The SMILES string of the molecule is O=C(/C=C/c1cc(O)c2c(c1)[C@@H](C(=O)OC(Cc1ccc(O)c(O)c1)C(=O)O)[C@H](c1ccc(O)c(O)c1)O2)OC(Cc1ccc(O)c(O)c1)C(=O)O. The summed E-state index contributed by atoms with van der Waals surface area (Å²) in [6.45, 7) is 0. The second-order valence-electron chi connectivity index (χ2n) is 11.6. The Morgan fingerprint density at radius 3 is 1.67 bits per heavy atom. The van der Waals surface area contributed by atoms with Crippen molar-refractivity contribution < 1.29 is 79.3 Å². The van der Waals surface area contributed by atoms with Crippen LogP contribution in [0.15, 0.2) is 72.8 Å². The van der Waals surface area contributed by atoms with Crippen LogP contribution in [0.5, 0.6) is 46.0 Å². The standard InChI is InChI=1S/C36H30O16/c37-21-5-1-17(10-24(21)40)13-28(34(45)46)50-30(44)8-3-16-9-20-31(32(52-33(20)27(43)12-16)19-4-7-23(39)26(42)15-19)36(49)51-29(35(47)48)14-18-2-6-22(38)25(41)11-18/h1-12,15,28-29,31-32,37-43H,13-14H2,(H,45,46)(H,47,48)/b8-3+/t28?,29?,31-,32+/m1/s1. The van der Waals surface area contributed by atoms with E-state index in [1.807, 2.05) is 0 Å². The molecule has 1 heterocycles. The number of rotatable bonds is 12. The van der Waals surface area contributed by atoms with Crippen molar-refractivity contribution in [1.82, 2.24) is 0 Å². The Morgan fingerprint density at radius 2 is 1.15 bits per heavy atom. The first-order valence-corrected chi connectivity index (χ1v) is 15.2. The van der Waals surface area contributed by atoms with Gasteiger partial charge in [0.05, 0.1) is 0 Å². The molecule has 2 unspecified atom stereocenters. The molecule has 1 aliphatic rings. The molecular formula is C36H30O16. The second-order valence-corrected chi connectivity index (χ2v) is 11.6. The average molecular weight is 719 g/mol. The van der Waals surface area contributed by atoms with E-state index in [9.17, 15) is 65.1 Å². The highest BCUT2D eigenvalue weighted by atomic mass is 16.6. The Labute approximate surface area is 292 Å². The van der Waals surface area contributed by atoms with Crippen molar-refractivity contribution in [2.24, 2.45) is 0 Å². The molecule has 0 amide bonds. The van der Waals surface area contributed by atoms with E-state index >= 15 is 0 Å². The number of benzene rings is 4. The van der Waals surface area contributed by atoms with Crippen LogP contribution in [0.25, 0.3) is 6.08 Å². The largest absolute Gasteiger partial charge is 0.504 e. The molecule has 16 nitrogen and oxygen atoms in total. The number of hydrogen-bond acceptors (Lipinski definition) is 14. The van der Waals surface area contributed by atoms with E-state index in [2.05, 4.69) is 0 Å². The van der Waals surface area contributed by atoms with Gasteiger partial charge in [0.2, 0.25) is 12.2 Å². The molecule has 4 aromatic carbocycles. The van der Waals surface area contributed by atoms with E-state index in [-0.39, 0.29) is 40.0 Å². The number of esters is 2. The lowest BCUT2D eigenvalue weighted by atomic mass is 9.89. The maximum Gasteiger partial charge on any atom is 0.345 e. The van der Waals surface area contributed by atoms with Gasteiger partial charge in [0.15, 0.2) is 46.0 Å². The van der Waals surface area contributed by atoms with Gasteiger partial charge in [-0.25, -0.2) is 14.4 Å². The number of carbonyl (C=O) groups is 4. The molecule has 0 spiro atoms. The Morgan fingerprint density at radius 1 is 0.635 bits per heavy atom. The van der Waals surface area contributed by atoms with Crippen LogP contribution in [0.1, 0.15) is 39.8 Å². The predicted octanol–water partition coefficient (Wildman–Crippen LogP) is 3.33. The van der Waals surface area contributed by atoms with Gasteiger partial charge < -0.3 is 60.2 Å². The molecule has 9 N–H and O–H groups in total. The van der Waals surface area contributed by atoms with Crippen LogP contribution < -0.4 is 4.74 Å². The third-order valence-electron chi connectivity index (χ3n) is 7.99. The average Bonchev–Trinajstić information content (AvgIpc) is 3.48. The van der Waals surface area contributed by atoms with E-state index in [4.69, 9.17) is 14.2 Å². The summed E-state index contributed by atoms with van der Waals surface area (Å²) in [6.07, 6.45) is -3.66. The van der Waals surface area contributed by atoms with Gasteiger partial charge in [-0.1, -0.05) is 18.2 Å². The fraction of sp³-hybridized carbons (Fsp3) is 0.167. The number of carbonyl (C=O) groups excluding carboxylic acids is 2. The monoisotopic (exact) mass is 718 g/mol. The smallest absolute Gasteiger partial charge is 0.345 e. The van der Waals surface area contributed by atoms with Crippen molar-refractivity contribution >= 4 is 30.0 Å². The van der Waals surface area contributed by atoms with Gasteiger partial charge in [-0.2, -0.15) is 0 Å². The summed E-state index contributed by atoms with van der Waals surface area (Å²) in [5, 5.41) is 89.0. The molecule has 0 saturated carbocycles. The summed E-state index contributed by atoms with van der Waals surface area (Å²) < 4.78 is 16.4. The van der Waals surface area contributed by atoms with Crippen LogP contribution in [0.3, 0.4) is 0 Å². The number of fused-ring (bicyclic) bond motifs is 1. The van der Waals surface area contributed by atoms with Crippen molar-refractivity contribution in [3.05, 3.63) is 101 Å². The highest BCUT2D eigenvalue weighted by Crippen LogP contribution is 2.52. The van der Waals surface area contributed by atoms with Gasteiger partial charge in [0, 0.05) is 24.5 Å². The minimum atomic E-state index is -1.81. The number of ether oxygens (including phenoxy) is 3. The highest BCUT2D eigenvalue weighted by Gasteiger charge is 2.45. The van der Waals surface area contributed by atoms with E-state index in [1.54, 1.807) is 0 Å². The van der Waals surface area contributed by atoms with Crippen molar-refractivity contribution in [2.45, 2.75) is 37.1 Å². The molecule has 52 heavy (non-hydrogen) atoms. The van der Waals surface area contributed by atoms with Crippen LogP contribution in [0.2, 0.25) is 0 Å². The minimum Gasteiger partial charge on any atom is -0.504 e. The van der Waals surface area contributed by atoms with Crippen LogP contribution in [0.4, 0.5) is 0 Å². The summed E-state index contributed by atoms with van der Waals surface area (Å²) in [5.74, 6) is -10.6. The molecule has 4 aromatic rings. The number of phenols is 7. The van der Waals surface area contributed by atoms with Gasteiger partial charge in [-0.05, 0) is 76.9 Å². The van der Waals surface area contributed by atoms with Gasteiger partial charge in [0.1, 0.15) is 12.0 Å². The number of phenolic OH excluding ortho intramolecular Hbond substituents is 7. The number of hydrogen-bond donors (Lipinski definition) is 9. The molecule has 0 aliphatic carbocycles. The van der Waals surface area contributed by atoms with Crippen LogP contribution in [-0.2, 0) is 41.5 Å². The molecule has 0 bridgehead atoms. The first-order valence-electron chi connectivity index (χ1n) is 15.2. The highest BCUT2D eigenvalue weighted by molar-refractivity contribution is 5.90. The number of aliphatic carboxylic acids is 2. The van der Waals surface area contributed by atoms with Crippen LogP contribution in [0, 0.1) is 0 Å². The molecule has 0 radical (unpaired) electrons. The summed E-state index contributed by atoms with van der Waals surface area (Å²) in [7, 11) is 0. The van der Waals surface area contributed by atoms with Gasteiger partial charge >= 0.3 is 23.9 Å². The van der Waals surface area contributed by atoms with Crippen LogP contribution >= 0.6 is 0 Å². The van der Waals surface area contributed by atoms with Gasteiger partial charge in [-0.15, -0.1) is 0 Å². The van der Waals surface area contributed by atoms with E-state index in [0.29, 0.717) is 0 Å². The fourth-order valence-corrected chi connectivity index (χ4v) is 5.44. The van der Waals surface area contributed by atoms with E-state index in [1.165, 1.54) is 24.3 Å². The molecule has 0 saturated heterocycles. The van der Waals surface area contributed by atoms with Crippen molar-refractivity contribution in [3.63, 3.8) is 0 Å². The Hall–Kier alpha value is -7.10. The normalized spacial score (nSPS) is 16.0. The molecule has 5 rings (SSSR count).